The fourth-order valence-corrected chi connectivity index (χ4v) is 11.1. The fourth-order valence-electron chi connectivity index (χ4n) is 9.96. The monoisotopic (exact) mass is 660 g/mol. The topological polar surface area (TPSA) is 8.17 Å². The van der Waals surface area contributed by atoms with Crippen molar-refractivity contribution in [2.75, 3.05) is 4.81 Å². The van der Waals surface area contributed by atoms with Gasteiger partial charge in [-0.05, 0) is 99.5 Å². The molecule has 0 saturated heterocycles. The Morgan fingerprint density at radius 1 is 0.540 bits per heavy atom. The molecule has 0 amide bonds. The predicted molar refractivity (Wildman–Crippen MR) is 218 cm³/mol. The molecule has 6 aromatic carbocycles. The summed E-state index contributed by atoms with van der Waals surface area (Å²) in [5, 5.41) is 2.79. The van der Waals surface area contributed by atoms with Gasteiger partial charge in [0.15, 0.2) is 0 Å². The van der Waals surface area contributed by atoms with Crippen LogP contribution < -0.4 is 32.1 Å². The first kappa shape index (κ1) is 29.2. The Balaban J connectivity index is 1.31. The average Bonchev–Trinajstić information content (AvgIpc) is 3.47. The second-order valence-electron chi connectivity index (χ2n) is 15.8. The van der Waals surface area contributed by atoms with Crippen molar-refractivity contribution in [1.82, 2.24) is 4.57 Å². The summed E-state index contributed by atoms with van der Waals surface area (Å²) >= 11 is 1.98. The average molecular weight is 661 g/mol. The summed E-state index contributed by atoms with van der Waals surface area (Å²) in [7, 11) is 0. The number of rotatable bonds is 3. The molecule has 5 heteroatoms. The Morgan fingerprint density at radius 3 is 1.88 bits per heavy atom. The highest BCUT2D eigenvalue weighted by atomic mass is 32.2. The number of para-hydroxylation sites is 2. The largest absolute Gasteiger partial charge is 0.377 e. The number of benzene rings is 6. The van der Waals surface area contributed by atoms with Crippen LogP contribution in [-0.4, -0.2) is 18.1 Å². The van der Waals surface area contributed by atoms with Crippen LogP contribution in [0.2, 0.25) is 0 Å². The van der Waals surface area contributed by atoms with Gasteiger partial charge in [0.2, 0.25) is 6.71 Å². The molecule has 0 atom stereocenters. The van der Waals surface area contributed by atoms with Crippen LogP contribution in [0.25, 0.3) is 44.1 Å². The minimum atomic E-state index is 0.121. The van der Waals surface area contributed by atoms with Gasteiger partial charge in [-0.3, -0.25) is 0 Å². The number of anilines is 2. The first-order valence-electron chi connectivity index (χ1n) is 18.4. The van der Waals surface area contributed by atoms with Crippen LogP contribution in [0.3, 0.4) is 0 Å². The molecular weight excluding hydrogens is 622 g/mol. The van der Waals surface area contributed by atoms with Crippen molar-refractivity contribution in [3.8, 4) is 22.3 Å². The number of fused-ring (bicyclic) bond motifs is 13. The van der Waals surface area contributed by atoms with Gasteiger partial charge in [0.25, 0.3) is 0 Å². The van der Waals surface area contributed by atoms with Gasteiger partial charge in [0.1, 0.15) is 0 Å². The SMILES string of the molecule is CC(C)c1ccc2c(c1)B1c3cc(C(C)C)ccc3-c3ccc4c5c3N1c1c(cccc1-2)B5c1c(ccc2c1c1ccccc1n2C(C)C)S4. The van der Waals surface area contributed by atoms with Crippen LogP contribution in [0.15, 0.2) is 113 Å². The molecule has 0 fully saturated rings. The highest BCUT2D eigenvalue weighted by Crippen LogP contribution is 2.50. The molecule has 2 nitrogen and oxygen atoms in total. The molecule has 1 aromatic heterocycles. The van der Waals surface area contributed by atoms with Crippen molar-refractivity contribution < 1.29 is 0 Å². The van der Waals surface area contributed by atoms with E-state index in [9.17, 15) is 0 Å². The lowest BCUT2D eigenvalue weighted by molar-refractivity contribution is 0.642. The maximum Gasteiger partial charge on any atom is 0.329 e. The first-order valence-corrected chi connectivity index (χ1v) is 19.2. The van der Waals surface area contributed by atoms with Gasteiger partial charge >= 0.3 is 6.85 Å². The fraction of sp³-hybridized carbons (Fsp3) is 0.200. The molecule has 0 bridgehead atoms. The summed E-state index contributed by atoms with van der Waals surface area (Å²) in [6, 6.07) is 41.0. The smallest absolute Gasteiger partial charge is 0.329 e. The van der Waals surface area contributed by atoms with E-state index in [1.807, 2.05) is 11.8 Å². The summed E-state index contributed by atoms with van der Waals surface area (Å²) in [6.45, 7) is 14.2. The molecule has 0 spiro atoms. The van der Waals surface area contributed by atoms with E-state index in [1.54, 1.807) is 0 Å². The van der Waals surface area contributed by atoms with E-state index in [-0.39, 0.29) is 13.6 Å². The lowest BCUT2D eigenvalue weighted by Crippen LogP contribution is -2.68. The van der Waals surface area contributed by atoms with Gasteiger partial charge in [-0.1, -0.05) is 118 Å². The molecule has 0 radical (unpaired) electrons. The van der Waals surface area contributed by atoms with Crippen LogP contribution in [0.5, 0.6) is 0 Å². The number of hydrogen-bond acceptors (Lipinski definition) is 2. The Bertz CT molecular complexity index is 2650. The highest BCUT2D eigenvalue weighted by Gasteiger charge is 2.51. The third kappa shape index (κ3) is 3.54. The number of hydrogen-bond donors (Lipinski definition) is 0. The summed E-state index contributed by atoms with van der Waals surface area (Å²) in [4.78, 5) is 5.57. The van der Waals surface area contributed by atoms with Crippen molar-refractivity contribution in [2.45, 2.75) is 69.2 Å². The second-order valence-corrected chi connectivity index (χ2v) is 16.9. The molecule has 50 heavy (non-hydrogen) atoms. The van der Waals surface area contributed by atoms with Gasteiger partial charge < -0.3 is 9.38 Å². The first-order chi connectivity index (χ1) is 24.3. The molecule has 4 aliphatic rings. The molecule has 5 heterocycles. The highest BCUT2D eigenvalue weighted by molar-refractivity contribution is 8.00. The van der Waals surface area contributed by atoms with E-state index in [0.717, 1.165) is 0 Å². The van der Waals surface area contributed by atoms with E-state index in [1.165, 1.54) is 104 Å². The van der Waals surface area contributed by atoms with Crippen LogP contribution in [0.4, 0.5) is 11.4 Å². The van der Waals surface area contributed by atoms with Gasteiger partial charge in [-0.15, -0.1) is 0 Å². The van der Waals surface area contributed by atoms with E-state index in [2.05, 4.69) is 154 Å². The standard InChI is InChI=1S/C45H38B2N2S/c1-24(2)27-14-16-29-31-11-9-12-34-44(31)49-45-32(30-17-15-28(25(3)4)23-36(30)47(49)35(29)22-27)18-20-40-43(45)46(34)42-39(50-40)21-19-38-41(42)33-10-7-8-13-37(33)48(38)26(5)6/h7-26H,1-6H3. The van der Waals surface area contributed by atoms with Crippen molar-refractivity contribution >= 4 is 85.8 Å². The van der Waals surface area contributed by atoms with E-state index in [0.29, 0.717) is 17.9 Å². The maximum absolute atomic E-state index is 2.79. The van der Waals surface area contributed by atoms with E-state index < -0.39 is 0 Å². The van der Waals surface area contributed by atoms with Crippen molar-refractivity contribution in [3.05, 3.63) is 114 Å². The van der Waals surface area contributed by atoms with E-state index >= 15 is 0 Å². The number of aromatic nitrogens is 1. The van der Waals surface area contributed by atoms with Gasteiger partial charge in [-0.2, -0.15) is 0 Å². The lowest BCUT2D eigenvalue weighted by atomic mass is 9.31. The predicted octanol–water partition coefficient (Wildman–Crippen LogP) is 8.82. The van der Waals surface area contributed by atoms with Crippen molar-refractivity contribution in [1.29, 1.82) is 0 Å². The Labute approximate surface area is 299 Å². The minimum Gasteiger partial charge on any atom is -0.377 e. The zero-order valence-electron chi connectivity index (χ0n) is 29.5. The normalized spacial score (nSPS) is 14.5. The maximum atomic E-state index is 2.79. The molecule has 0 saturated carbocycles. The van der Waals surface area contributed by atoms with Crippen molar-refractivity contribution in [3.63, 3.8) is 0 Å². The van der Waals surface area contributed by atoms with Gasteiger partial charge in [-0.25, -0.2) is 0 Å². The molecule has 240 valence electrons. The van der Waals surface area contributed by atoms with Crippen LogP contribution in [0, 0.1) is 0 Å². The molecule has 11 rings (SSSR count). The summed E-state index contributed by atoms with van der Waals surface area (Å²) < 4.78 is 2.56. The summed E-state index contributed by atoms with van der Waals surface area (Å²) in [5.74, 6) is 0.930. The minimum absolute atomic E-state index is 0.121. The number of nitrogens with zero attached hydrogens (tertiary/aromatic N) is 2. The zero-order valence-corrected chi connectivity index (χ0v) is 30.3. The Hall–Kier alpha value is -4.60. The van der Waals surface area contributed by atoms with Gasteiger partial charge in [0, 0.05) is 60.1 Å². The third-order valence-corrected chi connectivity index (χ3v) is 13.3. The molecular formula is C45H38B2N2S. The van der Waals surface area contributed by atoms with Crippen LogP contribution >= 0.6 is 11.8 Å². The quantitative estimate of drug-likeness (QED) is 0.175. The van der Waals surface area contributed by atoms with Crippen molar-refractivity contribution in [2.24, 2.45) is 0 Å². The summed E-state index contributed by atoms with van der Waals surface area (Å²) in [6.07, 6.45) is 0. The Morgan fingerprint density at radius 2 is 1.18 bits per heavy atom. The zero-order chi connectivity index (χ0) is 33.7. The third-order valence-electron chi connectivity index (χ3n) is 12.1. The molecule has 0 unspecified atom stereocenters. The second kappa shape index (κ2) is 10.0. The Kier molecular flexibility index (Phi) is 5.84. The van der Waals surface area contributed by atoms with E-state index in [4.69, 9.17) is 0 Å². The molecule has 4 aliphatic heterocycles. The van der Waals surface area contributed by atoms with Crippen LogP contribution in [-0.2, 0) is 0 Å². The lowest BCUT2D eigenvalue weighted by Gasteiger charge is -2.50. The van der Waals surface area contributed by atoms with Crippen LogP contribution in [0.1, 0.15) is 70.5 Å². The molecule has 0 aliphatic carbocycles. The molecule has 0 N–H and O–H groups in total. The molecule has 7 aromatic rings. The van der Waals surface area contributed by atoms with Gasteiger partial charge in [0.05, 0.1) is 0 Å². The summed E-state index contributed by atoms with van der Waals surface area (Å²) in [5.41, 5.74) is 21.1.